The maximum Gasteiger partial charge on any atom is 0.417 e. The lowest BCUT2D eigenvalue weighted by Gasteiger charge is -2.11. The molecular formula is C11H7F3O3S. The average Bonchev–Trinajstić information content (AvgIpc) is 2.50. The van der Waals surface area contributed by atoms with Gasteiger partial charge in [0, 0.05) is 11.8 Å². The van der Waals surface area contributed by atoms with E-state index in [1.54, 1.807) is 0 Å². The summed E-state index contributed by atoms with van der Waals surface area (Å²) in [7, 11) is -4.13. The Morgan fingerprint density at radius 3 is 2.44 bits per heavy atom. The van der Waals surface area contributed by atoms with Crippen molar-refractivity contribution in [3.63, 3.8) is 0 Å². The summed E-state index contributed by atoms with van der Waals surface area (Å²) in [5, 5.41) is 0.724. The van der Waals surface area contributed by atoms with Crippen LogP contribution in [-0.2, 0) is 20.8 Å². The summed E-state index contributed by atoms with van der Waals surface area (Å²) in [6, 6.07) is 3.11. The fourth-order valence-electron chi connectivity index (χ4n) is 1.88. The molecule has 0 amide bonds. The number of halogens is 3. The molecule has 3 nitrogen and oxygen atoms in total. The zero-order chi connectivity index (χ0) is 13.6. The van der Waals surface area contributed by atoms with Crippen molar-refractivity contribution in [1.82, 2.24) is 0 Å². The SMILES string of the molecule is O=CCC1=CS(=O)(=O)c2c1cccc2C(F)(F)F. The van der Waals surface area contributed by atoms with E-state index in [4.69, 9.17) is 0 Å². The lowest BCUT2D eigenvalue weighted by atomic mass is 10.0. The predicted molar refractivity (Wildman–Crippen MR) is 57.3 cm³/mol. The highest BCUT2D eigenvalue weighted by atomic mass is 32.2. The Kier molecular flexibility index (Phi) is 2.81. The first-order chi connectivity index (χ1) is 8.27. The van der Waals surface area contributed by atoms with Crippen LogP contribution in [0.3, 0.4) is 0 Å². The molecule has 96 valence electrons. The summed E-state index contributed by atoms with van der Waals surface area (Å²) in [6.45, 7) is 0. The van der Waals surface area contributed by atoms with Crippen molar-refractivity contribution in [3.8, 4) is 0 Å². The van der Waals surface area contributed by atoms with Gasteiger partial charge < -0.3 is 4.79 Å². The molecule has 1 aromatic carbocycles. The van der Waals surface area contributed by atoms with E-state index in [0.717, 1.165) is 11.5 Å². The smallest absolute Gasteiger partial charge is 0.303 e. The molecule has 1 aliphatic heterocycles. The van der Waals surface area contributed by atoms with E-state index in [0.29, 0.717) is 12.4 Å². The molecule has 1 aliphatic rings. The van der Waals surface area contributed by atoms with E-state index in [9.17, 15) is 26.4 Å². The molecule has 0 spiro atoms. The van der Waals surface area contributed by atoms with Crippen molar-refractivity contribution in [2.24, 2.45) is 0 Å². The minimum absolute atomic E-state index is 0.0445. The van der Waals surface area contributed by atoms with Gasteiger partial charge in [-0.05, 0) is 17.2 Å². The lowest BCUT2D eigenvalue weighted by molar-refractivity contribution is -0.139. The van der Waals surface area contributed by atoms with Crippen molar-refractivity contribution < 1.29 is 26.4 Å². The Hall–Kier alpha value is -1.63. The number of alkyl halides is 3. The zero-order valence-corrected chi connectivity index (χ0v) is 9.68. The van der Waals surface area contributed by atoms with Gasteiger partial charge in [0.25, 0.3) is 0 Å². The van der Waals surface area contributed by atoms with Crippen LogP contribution < -0.4 is 0 Å². The van der Waals surface area contributed by atoms with Crippen LogP contribution in [0.1, 0.15) is 17.5 Å². The van der Waals surface area contributed by atoms with E-state index >= 15 is 0 Å². The second kappa shape index (κ2) is 3.94. The molecule has 0 aromatic heterocycles. The molecule has 1 heterocycles. The van der Waals surface area contributed by atoms with Gasteiger partial charge >= 0.3 is 6.18 Å². The third kappa shape index (κ3) is 1.94. The maximum absolute atomic E-state index is 12.7. The summed E-state index contributed by atoms with van der Waals surface area (Å²) >= 11 is 0. The number of aldehydes is 1. The minimum atomic E-state index is -4.75. The van der Waals surface area contributed by atoms with E-state index in [2.05, 4.69) is 0 Å². The summed E-state index contributed by atoms with van der Waals surface area (Å²) in [4.78, 5) is 9.65. The molecule has 0 saturated carbocycles. The molecule has 7 heteroatoms. The highest BCUT2D eigenvalue weighted by molar-refractivity contribution is 7.95. The van der Waals surface area contributed by atoms with Gasteiger partial charge in [-0.1, -0.05) is 12.1 Å². The maximum atomic E-state index is 12.7. The van der Waals surface area contributed by atoms with Crippen molar-refractivity contribution in [2.75, 3.05) is 0 Å². The van der Waals surface area contributed by atoms with Crippen LogP contribution in [0.5, 0.6) is 0 Å². The van der Waals surface area contributed by atoms with Crippen LogP contribution in [-0.4, -0.2) is 14.7 Å². The standard InChI is InChI=1S/C11H7F3O3S/c12-11(13,14)9-3-1-2-8-7(4-5-15)6-18(16,17)10(8)9/h1-3,5-6H,4H2. The average molecular weight is 276 g/mol. The molecule has 0 atom stereocenters. The summed E-state index contributed by atoms with van der Waals surface area (Å²) < 4.78 is 61.7. The van der Waals surface area contributed by atoms with E-state index in [1.165, 1.54) is 6.07 Å². The van der Waals surface area contributed by atoms with Crippen LogP contribution in [0, 0.1) is 0 Å². The fraction of sp³-hybridized carbons (Fsp3) is 0.182. The predicted octanol–water partition coefficient (Wildman–Crippen LogP) is 2.42. The first kappa shape index (κ1) is 12.8. The molecule has 0 aliphatic carbocycles. The van der Waals surface area contributed by atoms with Crippen LogP contribution in [0.4, 0.5) is 13.2 Å². The largest absolute Gasteiger partial charge is 0.417 e. The lowest BCUT2D eigenvalue weighted by Crippen LogP contribution is -2.11. The van der Waals surface area contributed by atoms with Crippen LogP contribution in [0.2, 0.25) is 0 Å². The highest BCUT2D eigenvalue weighted by Gasteiger charge is 2.40. The number of carbonyl (C=O) groups is 1. The number of allylic oxidation sites excluding steroid dienone is 1. The topological polar surface area (TPSA) is 51.2 Å². The van der Waals surface area contributed by atoms with Crippen molar-refractivity contribution in [1.29, 1.82) is 0 Å². The van der Waals surface area contributed by atoms with Crippen molar-refractivity contribution >= 4 is 21.7 Å². The normalized spacial score (nSPS) is 17.2. The first-order valence-electron chi connectivity index (χ1n) is 4.87. The van der Waals surface area contributed by atoms with Gasteiger partial charge in [-0.15, -0.1) is 0 Å². The van der Waals surface area contributed by atoms with Crippen molar-refractivity contribution in [2.45, 2.75) is 17.5 Å². The van der Waals surface area contributed by atoms with Crippen LogP contribution >= 0.6 is 0 Å². The monoisotopic (exact) mass is 276 g/mol. The van der Waals surface area contributed by atoms with E-state index in [-0.39, 0.29) is 17.6 Å². The summed E-state index contributed by atoms with van der Waals surface area (Å²) in [5.41, 5.74) is -1.15. The summed E-state index contributed by atoms with van der Waals surface area (Å²) in [5.74, 6) is 0. The molecule has 0 bridgehead atoms. The van der Waals surface area contributed by atoms with Crippen molar-refractivity contribution in [3.05, 3.63) is 34.7 Å². The third-order valence-electron chi connectivity index (χ3n) is 2.55. The Bertz CT molecular complexity index is 642. The Labute approximate surface area is 101 Å². The highest BCUT2D eigenvalue weighted by Crippen LogP contribution is 2.42. The molecule has 18 heavy (non-hydrogen) atoms. The second-order valence-corrected chi connectivity index (χ2v) is 5.47. The molecule has 0 N–H and O–H groups in total. The molecule has 0 unspecified atom stereocenters. The first-order valence-corrected chi connectivity index (χ1v) is 6.42. The number of fused-ring (bicyclic) bond motifs is 1. The molecule has 1 aromatic rings. The Morgan fingerprint density at radius 1 is 1.22 bits per heavy atom. The number of carbonyl (C=O) groups excluding carboxylic acids is 1. The molecule has 0 fully saturated rings. The van der Waals surface area contributed by atoms with Crippen LogP contribution in [0.25, 0.3) is 5.57 Å². The fourth-order valence-corrected chi connectivity index (χ4v) is 3.59. The molecule has 0 radical (unpaired) electrons. The van der Waals surface area contributed by atoms with Gasteiger partial charge in [0.15, 0.2) is 0 Å². The van der Waals surface area contributed by atoms with Gasteiger partial charge in [-0.3, -0.25) is 0 Å². The molecular weight excluding hydrogens is 269 g/mol. The van der Waals surface area contributed by atoms with Crippen LogP contribution in [0.15, 0.2) is 28.5 Å². The number of hydrogen-bond donors (Lipinski definition) is 0. The van der Waals surface area contributed by atoms with Gasteiger partial charge in [-0.2, -0.15) is 13.2 Å². The van der Waals surface area contributed by atoms with Gasteiger partial charge in [0.1, 0.15) is 6.29 Å². The Morgan fingerprint density at radius 2 is 1.89 bits per heavy atom. The minimum Gasteiger partial charge on any atom is -0.303 e. The third-order valence-corrected chi connectivity index (χ3v) is 4.16. The number of sulfone groups is 1. The second-order valence-electron chi connectivity index (χ2n) is 3.74. The van der Waals surface area contributed by atoms with Gasteiger partial charge in [0.2, 0.25) is 9.84 Å². The van der Waals surface area contributed by atoms with Gasteiger partial charge in [-0.25, -0.2) is 8.42 Å². The summed E-state index contributed by atoms with van der Waals surface area (Å²) in [6.07, 6.45) is -4.52. The van der Waals surface area contributed by atoms with Gasteiger partial charge in [0.05, 0.1) is 10.5 Å². The van der Waals surface area contributed by atoms with E-state index in [1.807, 2.05) is 0 Å². The zero-order valence-electron chi connectivity index (χ0n) is 8.86. The Balaban J connectivity index is 2.75. The number of rotatable bonds is 2. The molecule has 0 saturated heterocycles. The molecule has 2 rings (SSSR count). The number of hydrogen-bond acceptors (Lipinski definition) is 3. The van der Waals surface area contributed by atoms with E-state index < -0.39 is 26.5 Å². The quantitative estimate of drug-likeness (QED) is 0.779. The number of benzene rings is 1.